The lowest BCUT2D eigenvalue weighted by molar-refractivity contribution is -0.394. The van der Waals surface area contributed by atoms with Gasteiger partial charge >= 0.3 is 0 Å². The number of nitro benzene ring substituents is 2. The van der Waals surface area contributed by atoms with E-state index in [0.29, 0.717) is 18.0 Å². The summed E-state index contributed by atoms with van der Waals surface area (Å²) in [6.45, 7) is 0.443. The summed E-state index contributed by atoms with van der Waals surface area (Å²) in [4.78, 5) is 32.9. The second kappa shape index (κ2) is 9.28. The average molecular weight is 407 g/mol. The van der Waals surface area contributed by atoms with Crippen LogP contribution in [-0.4, -0.2) is 22.4 Å². The molecule has 0 bridgehead atoms. The first-order chi connectivity index (χ1) is 14.4. The van der Waals surface area contributed by atoms with Crippen LogP contribution in [0.25, 0.3) is 0 Å². The topological polar surface area (TPSA) is 125 Å². The van der Waals surface area contributed by atoms with Crippen LogP contribution in [0.3, 0.4) is 0 Å². The molecule has 3 aromatic rings. The number of nitrogens with one attached hydrogen (secondary N) is 1. The molecule has 1 N–H and O–H groups in total. The SMILES string of the molecule is O=C(Nc1cccc(OCCc2ccccc2)c1)c1cc([N+](=O)[O-])cc([N+](=O)[O-])c1. The van der Waals surface area contributed by atoms with Gasteiger partial charge in [0.2, 0.25) is 0 Å². The lowest BCUT2D eigenvalue weighted by Crippen LogP contribution is -2.13. The molecule has 0 saturated carbocycles. The van der Waals surface area contributed by atoms with E-state index in [0.717, 1.165) is 30.2 Å². The number of nitrogens with zero attached hydrogens (tertiary/aromatic N) is 2. The molecule has 152 valence electrons. The molecule has 0 aliphatic carbocycles. The molecule has 1 amide bonds. The van der Waals surface area contributed by atoms with Crippen molar-refractivity contribution in [2.45, 2.75) is 6.42 Å². The highest BCUT2D eigenvalue weighted by Gasteiger charge is 2.20. The smallest absolute Gasteiger partial charge is 0.277 e. The number of benzene rings is 3. The van der Waals surface area contributed by atoms with Gasteiger partial charge in [-0.2, -0.15) is 0 Å². The van der Waals surface area contributed by atoms with Crippen LogP contribution in [0.1, 0.15) is 15.9 Å². The molecule has 0 heterocycles. The van der Waals surface area contributed by atoms with Gasteiger partial charge in [0.15, 0.2) is 0 Å². The van der Waals surface area contributed by atoms with Crippen LogP contribution >= 0.6 is 0 Å². The van der Waals surface area contributed by atoms with Gasteiger partial charge < -0.3 is 10.1 Å². The van der Waals surface area contributed by atoms with E-state index in [2.05, 4.69) is 5.32 Å². The summed E-state index contributed by atoms with van der Waals surface area (Å²) in [6, 6.07) is 19.3. The Balaban J connectivity index is 1.69. The van der Waals surface area contributed by atoms with E-state index < -0.39 is 27.1 Å². The Kier molecular flexibility index (Phi) is 6.33. The van der Waals surface area contributed by atoms with E-state index in [1.54, 1.807) is 24.3 Å². The molecule has 0 unspecified atom stereocenters. The van der Waals surface area contributed by atoms with Crippen molar-refractivity contribution in [3.8, 4) is 5.75 Å². The van der Waals surface area contributed by atoms with Crippen molar-refractivity contribution >= 4 is 23.0 Å². The van der Waals surface area contributed by atoms with Crippen LogP contribution in [0.2, 0.25) is 0 Å². The highest BCUT2D eigenvalue weighted by Crippen LogP contribution is 2.24. The van der Waals surface area contributed by atoms with Crippen LogP contribution < -0.4 is 10.1 Å². The van der Waals surface area contributed by atoms with Crippen molar-refractivity contribution in [3.63, 3.8) is 0 Å². The van der Waals surface area contributed by atoms with Gasteiger partial charge in [0.1, 0.15) is 5.75 Å². The van der Waals surface area contributed by atoms with Crippen LogP contribution in [0.5, 0.6) is 5.75 Å². The zero-order chi connectivity index (χ0) is 21.5. The number of hydrogen-bond acceptors (Lipinski definition) is 6. The molecule has 0 atom stereocenters. The highest BCUT2D eigenvalue weighted by molar-refractivity contribution is 6.05. The standard InChI is InChI=1S/C21H17N3O6/c25-21(16-11-18(23(26)27)14-19(12-16)24(28)29)22-17-7-4-8-20(13-17)30-10-9-15-5-2-1-3-6-15/h1-8,11-14H,9-10H2,(H,22,25). The minimum absolute atomic E-state index is 0.189. The lowest BCUT2D eigenvalue weighted by atomic mass is 10.1. The van der Waals surface area contributed by atoms with Gasteiger partial charge in [0.05, 0.1) is 28.1 Å². The highest BCUT2D eigenvalue weighted by atomic mass is 16.6. The van der Waals surface area contributed by atoms with Crippen molar-refractivity contribution in [1.82, 2.24) is 0 Å². The van der Waals surface area contributed by atoms with Crippen LogP contribution in [0.15, 0.2) is 72.8 Å². The minimum atomic E-state index is -0.787. The van der Waals surface area contributed by atoms with E-state index >= 15 is 0 Å². The molecular weight excluding hydrogens is 390 g/mol. The molecule has 0 fully saturated rings. The number of non-ortho nitro benzene ring substituents is 2. The zero-order valence-electron chi connectivity index (χ0n) is 15.7. The maximum Gasteiger partial charge on any atom is 0.277 e. The number of carbonyl (C=O) groups excluding carboxylic acids is 1. The quantitative estimate of drug-likeness (QED) is 0.436. The third kappa shape index (κ3) is 5.38. The first kappa shape index (κ1) is 20.5. The fourth-order valence-electron chi connectivity index (χ4n) is 2.74. The summed E-state index contributed by atoms with van der Waals surface area (Å²) < 4.78 is 5.71. The molecular formula is C21H17N3O6. The number of hydrogen-bond donors (Lipinski definition) is 1. The first-order valence-electron chi connectivity index (χ1n) is 8.94. The Morgan fingerprint density at radius 1 is 0.867 bits per heavy atom. The molecule has 0 aromatic heterocycles. The molecule has 0 spiro atoms. The molecule has 9 heteroatoms. The summed E-state index contributed by atoms with van der Waals surface area (Å²) in [6.07, 6.45) is 0.717. The second-order valence-electron chi connectivity index (χ2n) is 6.32. The van der Waals surface area contributed by atoms with Gasteiger partial charge in [-0.3, -0.25) is 25.0 Å². The summed E-state index contributed by atoms with van der Waals surface area (Å²) in [5.74, 6) is -0.169. The maximum absolute atomic E-state index is 12.5. The van der Waals surface area contributed by atoms with Crippen LogP contribution in [-0.2, 0) is 6.42 Å². The molecule has 30 heavy (non-hydrogen) atoms. The predicted octanol–water partition coefficient (Wildman–Crippen LogP) is 4.38. The van der Waals surface area contributed by atoms with E-state index in [4.69, 9.17) is 4.74 Å². The second-order valence-corrected chi connectivity index (χ2v) is 6.32. The van der Waals surface area contributed by atoms with Crippen molar-refractivity contribution in [1.29, 1.82) is 0 Å². The largest absolute Gasteiger partial charge is 0.493 e. The molecule has 0 aliphatic rings. The number of anilines is 1. The van der Waals surface area contributed by atoms with E-state index in [9.17, 15) is 25.0 Å². The fraction of sp³-hybridized carbons (Fsp3) is 0.0952. The van der Waals surface area contributed by atoms with Crippen molar-refractivity contribution < 1.29 is 19.4 Å². The van der Waals surface area contributed by atoms with Gasteiger partial charge in [-0.1, -0.05) is 36.4 Å². The summed E-state index contributed by atoms with van der Waals surface area (Å²) in [5, 5.41) is 24.6. The number of carbonyl (C=O) groups is 1. The zero-order valence-corrected chi connectivity index (χ0v) is 15.7. The van der Waals surface area contributed by atoms with Crippen LogP contribution in [0, 0.1) is 20.2 Å². The van der Waals surface area contributed by atoms with Gasteiger partial charge in [-0.05, 0) is 17.7 Å². The third-order valence-electron chi connectivity index (χ3n) is 4.18. The van der Waals surface area contributed by atoms with Gasteiger partial charge in [0, 0.05) is 30.3 Å². The summed E-state index contributed by atoms with van der Waals surface area (Å²) >= 11 is 0. The number of rotatable bonds is 8. The average Bonchev–Trinajstić information content (AvgIpc) is 2.74. The number of amides is 1. The van der Waals surface area contributed by atoms with Crippen molar-refractivity contribution in [2.24, 2.45) is 0 Å². The normalized spacial score (nSPS) is 10.3. The van der Waals surface area contributed by atoms with E-state index in [1.165, 1.54) is 0 Å². The Morgan fingerprint density at radius 3 is 2.17 bits per heavy atom. The monoisotopic (exact) mass is 407 g/mol. The summed E-state index contributed by atoms with van der Waals surface area (Å²) in [5.41, 5.74) is 0.270. The van der Waals surface area contributed by atoms with E-state index in [-0.39, 0.29) is 5.56 Å². The Hall–Kier alpha value is -4.27. The van der Waals surface area contributed by atoms with Crippen LogP contribution in [0.4, 0.5) is 17.1 Å². The molecule has 0 radical (unpaired) electrons. The fourth-order valence-corrected chi connectivity index (χ4v) is 2.74. The minimum Gasteiger partial charge on any atom is -0.493 e. The van der Waals surface area contributed by atoms with Crippen molar-refractivity contribution in [3.05, 3.63) is 104 Å². The van der Waals surface area contributed by atoms with Gasteiger partial charge in [0.25, 0.3) is 17.3 Å². The first-order valence-corrected chi connectivity index (χ1v) is 8.94. The Labute approximate surface area is 171 Å². The third-order valence-corrected chi connectivity index (χ3v) is 4.18. The number of nitro groups is 2. The molecule has 9 nitrogen and oxygen atoms in total. The molecule has 0 aliphatic heterocycles. The van der Waals surface area contributed by atoms with Gasteiger partial charge in [-0.15, -0.1) is 0 Å². The Bertz CT molecular complexity index is 1050. The maximum atomic E-state index is 12.5. The summed E-state index contributed by atoms with van der Waals surface area (Å²) in [7, 11) is 0. The van der Waals surface area contributed by atoms with Gasteiger partial charge in [-0.25, -0.2) is 0 Å². The predicted molar refractivity (Wildman–Crippen MR) is 110 cm³/mol. The number of ether oxygens (including phenoxy) is 1. The Morgan fingerprint density at radius 2 is 1.53 bits per heavy atom. The molecule has 3 aromatic carbocycles. The lowest BCUT2D eigenvalue weighted by Gasteiger charge is -2.09. The molecule has 3 rings (SSSR count). The molecule has 0 saturated heterocycles. The van der Waals surface area contributed by atoms with Crippen molar-refractivity contribution in [2.75, 3.05) is 11.9 Å². The van der Waals surface area contributed by atoms with E-state index in [1.807, 2.05) is 30.3 Å².